The van der Waals surface area contributed by atoms with E-state index in [2.05, 4.69) is 47.1 Å². The molecule has 0 saturated heterocycles. The number of aliphatic carboxylic acids is 1. The second-order valence-corrected chi connectivity index (χ2v) is 13.0. The van der Waals surface area contributed by atoms with Crippen LogP contribution in [0.4, 0.5) is 0 Å². The van der Waals surface area contributed by atoms with Gasteiger partial charge in [-0.25, -0.2) is 0 Å². The Labute approximate surface area is 307 Å². The topological polar surface area (TPSA) is 184 Å². The van der Waals surface area contributed by atoms with Gasteiger partial charge < -0.3 is 46.2 Å². The molecule has 0 aromatic rings. The zero-order valence-corrected chi connectivity index (χ0v) is 31.2. The van der Waals surface area contributed by atoms with Gasteiger partial charge in [-0.05, 0) is 96.3 Å². The first-order chi connectivity index (χ1) is 25.0. The summed E-state index contributed by atoms with van der Waals surface area (Å²) in [5, 5.41) is 14.7. The van der Waals surface area contributed by atoms with Crippen molar-refractivity contribution < 1.29 is 38.4 Å². The van der Waals surface area contributed by atoms with Crippen LogP contribution in [0.15, 0.2) is 36.5 Å². The van der Waals surface area contributed by atoms with Gasteiger partial charge in [-0.15, -0.1) is 0 Å². The summed E-state index contributed by atoms with van der Waals surface area (Å²) in [5.41, 5.74) is 10.4. The molecule has 7 N–H and O–H groups in total. The Bertz CT molecular complexity index is 905. The Morgan fingerprint density at radius 3 is 1.20 bits per heavy atom. The van der Waals surface area contributed by atoms with Crippen molar-refractivity contribution in [3.63, 3.8) is 0 Å². The third-order valence-electron chi connectivity index (χ3n) is 8.77. The molecule has 12 heteroatoms. The third-order valence-corrected chi connectivity index (χ3v) is 8.77. The van der Waals surface area contributed by atoms with Crippen LogP contribution in [0.25, 0.3) is 0 Å². The maximum absolute atomic E-state index is 12.2. The molecule has 12 nitrogen and oxygen atoms in total. The molecule has 51 heavy (non-hydrogen) atoms. The lowest BCUT2D eigenvalue weighted by molar-refractivity contribution is -0.142. The Morgan fingerprint density at radius 1 is 0.490 bits per heavy atom. The number of hydrogen-bond donors (Lipinski definition) is 5. The first-order valence-electron chi connectivity index (χ1n) is 19.4. The van der Waals surface area contributed by atoms with Gasteiger partial charge in [0.25, 0.3) is 0 Å². The summed E-state index contributed by atoms with van der Waals surface area (Å²) in [6.45, 7) is 6.61. The number of nitrogens with two attached hydrogens (primary N) is 2. The van der Waals surface area contributed by atoms with Gasteiger partial charge in [0.15, 0.2) is 0 Å². The summed E-state index contributed by atoms with van der Waals surface area (Å²) >= 11 is 0. The van der Waals surface area contributed by atoms with Crippen LogP contribution < -0.4 is 22.1 Å². The summed E-state index contributed by atoms with van der Waals surface area (Å²) < 4.78 is 21.1. The van der Waals surface area contributed by atoms with Crippen LogP contribution in [0, 0.1) is 17.8 Å². The van der Waals surface area contributed by atoms with Crippen LogP contribution >= 0.6 is 0 Å². The van der Waals surface area contributed by atoms with Gasteiger partial charge in [0.1, 0.15) is 0 Å². The smallest absolute Gasteiger partial charge is 0.306 e. The predicted molar refractivity (Wildman–Crippen MR) is 202 cm³/mol. The molecule has 0 aliphatic heterocycles. The Kier molecular flexibility index (Phi) is 31.4. The zero-order valence-electron chi connectivity index (χ0n) is 31.2. The molecular formula is C39H70N4O8. The maximum Gasteiger partial charge on any atom is 0.306 e. The largest absolute Gasteiger partial charge is 0.481 e. The van der Waals surface area contributed by atoms with Gasteiger partial charge in [-0.2, -0.15) is 0 Å². The first-order valence-corrected chi connectivity index (χ1v) is 19.4. The average Bonchev–Trinajstić information content (AvgIpc) is 3.07. The molecule has 3 aliphatic rings. The molecule has 0 radical (unpaired) electrons. The maximum atomic E-state index is 12.2. The van der Waals surface area contributed by atoms with E-state index in [9.17, 15) is 14.4 Å². The summed E-state index contributed by atoms with van der Waals surface area (Å²) in [5.74, 6) is -0.151. The number of carboxylic acid groups (broad SMARTS) is 1. The lowest BCUT2D eigenvalue weighted by atomic mass is 9.93. The van der Waals surface area contributed by atoms with Crippen molar-refractivity contribution in [2.75, 3.05) is 79.0 Å². The van der Waals surface area contributed by atoms with E-state index in [1.807, 2.05) is 0 Å². The normalized spacial score (nSPS) is 22.6. The summed E-state index contributed by atoms with van der Waals surface area (Å²) in [6, 6.07) is 0. The van der Waals surface area contributed by atoms with Crippen LogP contribution in [0.3, 0.4) is 0 Å². The predicted octanol–water partition coefficient (Wildman–Crippen LogP) is 4.67. The molecule has 3 atom stereocenters. The minimum Gasteiger partial charge on any atom is -0.481 e. The van der Waals surface area contributed by atoms with Crippen molar-refractivity contribution in [1.29, 1.82) is 0 Å². The van der Waals surface area contributed by atoms with Gasteiger partial charge in [-0.1, -0.05) is 36.5 Å². The monoisotopic (exact) mass is 723 g/mol. The molecular weight excluding hydrogens is 652 g/mol. The van der Waals surface area contributed by atoms with Gasteiger partial charge in [-0.3, -0.25) is 14.4 Å². The Morgan fingerprint density at radius 2 is 0.824 bits per heavy atom. The number of carboxylic acids is 1. The van der Waals surface area contributed by atoms with Crippen molar-refractivity contribution in [2.45, 2.75) is 96.3 Å². The first kappa shape index (κ1) is 46.4. The lowest BCUT2D eigenvalue weighted by Crippen LogP contribution is -2.34. The van der Waals surface area contributed by atoms with Crippen LogP contribution in [-0.2, 0) is 33.3 Å². The fourth-order valence-electron chi connectivity index (χ4n) is 5.84. The van der Waals surface area contributed by atoms with Gasteiger partial charge in [0, 0.05) is 38.0 Å². The van der Waals surface area contributed by atoms with E-state index in [1.165, 1.54) is 0 Å². The number of nitrogens with one attached hydrogen (secondary N) is 2. The number of carbonyl (C=O) groups is 3. The Balaban J connectivity index is 0.000000503. The molecule has 0 bridgehead atoms. The van der Waals surface area contributed by atoms with Crippen molar-refractivity contribution in [3.8, 4) is 0 Å². The van der Waals surface area contributed by atoms with E-state index in [4.69, 9.17) is 35.5 Å². The van der Waals surface area contributed by atoms with E-state index < -0.39 is 5.97 Å². The van der Waals surface area contributed by atoms with Gasteiger partial charge in [0.2, 0.25) is 11.8 Å². The summed E-state index contributed by atoms with van der Waals surface area (Å²) in [7, 11) is 0. The van der Waals surface area contributed by atoms with Crippen molar-refractivity contribution in [1.82, 2.24) is 10.6 Å². The number of amides is 2. The quantitative estimate of drug-likeness (QED) is 0.0928. The highest BCUT2D eigenvalue weighted by Gasteiger charge is 2.19. The molecule has 3 aliphatic carbocycles. The van der Waals surface area contributed by atoms with Crippen molar-refractivity contribution in [2.24, 2.45) is 29.2 Å². The lowest BCUT2D eigenvalue weighted by Gasteiger charge is -2.17. The molecule has 294 valence electrons. The number of rotatable bonds is 19. The molecule has 0 heterocycles. The summed E-state index contributed by atoms with van der Waals surface area (Å²) in [6.07, 6.45) is 27.8. The van der Waals surface area contributed by atoms with Crippen LogP contribution in [0.5, 0.6) is 0 Å². The van der Waals surface area contributed by atoms with E-state index in [1.54, 1.807) is 0 Å². The SMILES string of the molecule is NCCOCCOCCN.O=C(NCCOCCOCCNC(=O)C1CC/C=C\CCC1)C1CC/C=C\CCC1.O=C(O)C1CC/C=C\CCC1. The van der Waals surface area contributed by atoms with E-state index in [-0.39, 0.29) is 29.6 Å². The molecule has 0 aromatic heterocycles. The van der Waals surface area contributed by atoms with E-state index in [0.29, 0.717) is 79.0 Å². The molecule has 0 aromatic carbocycles. The Hall–Kier alpha value is -2.61. The minimum atomic E-state index is -0.625. The molecule has 3 unspecified atom stereocenters. The van der Waals surface area contributed by atoms with E-state index in [0.717, 1.165) is 96.3 Å². The highest BCUT2D eigenvalue weighted by molar-refractivity contribution is 5.79. The standard InChI is InChI=1S/C24H40N2O4.C9H14O2.C6H16N2O2/c27-23(21-11-7-3-1-4-8-12-21)25-15-17-29-19-20-30-18-16-26-24(28)22-13-9-5-2-6-10-14-22;10-9(11)8-6-4-2-1-3-5-7-8;7-1-3-9-5-6-10-4-2-8/h1-3,5,21-22H,4,6-20H2,(H,25,27)(H,26,28);1-2,8H,3-7H2,(H,10,11);1-8H2/b3-1-,5-2-;2-1-;. The number of allylic oxidation sites excluding steroid dienone is 6. The fourth-order valence-corrected chi connectivity index (χ4v) is 5.84. The average molecular weight is 723 g/mol. The van der Waals surface area contributed by atoms with Crippen molar-refractivity contribution >= 4 is 17.8 Å². The van der Waals surface area contributed by atoms with Gasteiger partial charge in [0.05, 0.1) is 58.8 Å². The fraction of sp³-hybridized carbons (Fsp3) is 0.769. The second kappa shape index (κ2) is 34.5. The summed E-state index contributed by atoms with van der Waals surface area (Å²) in [4.78, 5) is 35.0. The molecule has 0 saturated carbocycles. The third kappa shape index (κ3) is 27.7. The number of ether oxygens (including phenoxy) is 4. The number of hydrogen-bond acceptors (Lipinski definition) is 9. The highest BCUT2D eigenvalue weighted by atomic mass is 16.5. The second-order valence-electron chi connectivity index (χ2n) is 13.0. The van der Waals surface area contributed by atoms with Crippen molar-refractivity contribution in [3.05, 3.63) is 36.5 Å². The molecule has 3 rings (SSSR count). The van der Waals surface area contributed by atoms with Crippen LogP contribution in [-0.4, -0.2) is 102 Å². The molecule has 2 amide bonds. The van der Waals surface area contributed by atoms with Crippen LogP contribution in [0.1, 0.15) is 96.3 Å². The highest BCUT2D eigenvalue weighted by Crippen LogP contribution is 2.20. The van der Waals surface area contributed by atoms with E-state index >= 15 is 0 Å². The van der Waals surface area contributed by atoms with Gasteiger partial charge >= 0.3 is 5.97 Å². The molecule has 0 spiro atoms. The zero-order chi connectivity index (χ0) is 37.0. The van der Waals surface area contributed by atoms with Crippen LogP contribution in [0.2, 0.25) is 0 Å². The minimum absolute atomic E-state index is 0.0973. The number of carbonyl (C=O) groups excluding carboxylic acids is 2. The molecule has 0 fully saturated rings.